The van der Waals surface area contributed by atoms with Gasteiger partial charge >= 0.3 is 0 Å². The topological polar surface area (TPSA) is 142 Å². The van der Waals surface area contributed by atoms with E-state index in [0.717, 1.165) is 0 Å². The van der Waals surface area contributed by atoms with Gasteiger partial charge in [-0.05, 0) is 0 Å². The molecule has 1 heterocycles. The van der Waals surface area contributed by atoms with Crippen molar-refractivity contribution in [1.82, 2.24) is 0 Å². The van der Waals surface area contributed by atoms with E-state index in [4.69, 9.17) is 20.3 Å². The number of hydrogen-bond donors (Lipinski definition) is 5. The molecule has 0 spiro atoms. The molecule has 1 aliphatic carbocycles. The Bertz CT molecular complexity index is 324. The molecule has 98 valence electrons. The highest BCUT2D eigenvalue weighted by atomic mass is 16.8. The van der Waals surface area contributed by atoms with E-state index in [9.17, 15) is 20.1 Å². The van der Waals surface area contributed by atoms with Gasteiger partial charge in [-0.1, -0.05) is 0 Å². The standard InChI is InChI=1S/C9H15NO7/c10-4(12)2-16-8-5-7(14)6(13)3(1-11)9(5,15)17-8/h3,5-8,11,13-15H,1-2H2,(H2,10,12)/t3?,5?,6-,7?,8+,9?/m1/s1. The zero-order valence-electron chi connectivity index (χ0n) is 8.89. The summed E-state index contributed by atoms with van der Waals surface area (Å²) in [6.45, 7) is -0.947. The van der Waals surface area contributed by atoms with Crippen molar-refractivity contribution >= 4 is 5.91 Å². The first-order valence-electron chi connectivity index (χ1n) is 5.19. The number of amides is 1. The normalized spacial score (nSPS) is 48.6. The van der Waals surface area contributed by atoms with Crippen LogP contribution in [0.1, 0.15) is 0 Å². The molecular formula is C9H15NO7. The van der Waals surface area contributed by atoms with Crippen LogP contribution < -0.4 is 5.73 Å². The number of carbonyl (C=O) groups is 1. The van der Waals surface area contributed by atoms with Crippen molar-refractivity contribution in [2.75, 3.05) is 13.2 Å². The highest BCUT2D eigenvalue weighted by Crippen LogP contribution is 2.52. The van der Waals surface area contributed by atoms with Gasteiger partial charge in [0.1, 0.15) is 6.61 Å². The molecule has 1 amide bonds. The summed E-state index contributed by atoms with van der Waals surface area (Å²) in [5.41, 5.74) is 4.87. The molecule has 8 nitrogen and oxygen atoms in total. The predicted octanol–water partition coefficient (Wildman–Crippen LogP) is -3.51. The molecule has 0 bridgehead atoms. The Labute approximate surface area is 96.6 Å². The SMILES string of the molecule is NC(=O)CO[C@H]1OC2(O)C1C(O)[C@H](O)C2CO. The lowest BCUT2D eigenvalue weighted by Gasteiger charge is -2.49. The van der Waals surface area contributed by atoms with Crippen LogP contribution in [0.3, 0.4) is 0 Å². The number of fused-ring (bicyclic) bond motifs is 1. The number of ether oxygens (including phenoxy) is 2. The van der Waals surface area contributed by atoms with Crippen LogP contribution in [0.15, 0.2) is 0 Å². The van der Waals surface area contributed by atoms with Crippen molar-refractivity contribution in [2.24, 2.45) is 17.6 Å². The summed E-state index contributed by atoms with van der Waals surface area (Å²) in [5, 5.41) is 38.3. The lowest BCUT2D eigenvalue weighted by atomic mass is 9.89. The molecule has 0 aromatic rings. The molecule has 2 rings (SSSR count). The zero-order chi connectivity index (χ0) is 12.8. The van der Waals surface area contributed by atoms with Crippen molar-refractivity contribution < 1.29 is 34.7 Å². The zero-order valence-corrected chi connectivity index (χ0v) is 8.89. The van der Waals surface area contributed by atoms with Crippen molar-refractivity contribution in [1.29, 1.82) is 0 Å². The van der Waals surface area contributed by atoms with Crippen LogP contribution in [-0.4, -0.2) is 63.8 Å². The van der Waals surface area contributed by atoms with E-state index < -0.39 is 55.2 Å². The molecule has 6 atom stereocenters. The summed E-state index contributed by atoms with van der Waals surface area (Å²) >= 11 is 0. The maximum absolute atomic E-state index is 10.5. The van der Waals surface area contributed by atoms with E-state index in [-0.39, 0.29) is 0 Å². The van der Waals surface area contributed by atoms with Gasteiger partial charge in [-0.2, -0.15) is 0 Å². The van der Waals surface area contributed by atoms with Gasteiger partial charge in [0, 0.05) is 0 Å². The molecule has 2 fully saturated rings. The van der Waals surface area contributed by atoms with E-state index in [2.05, 4.69) is 0 Å². The van der Waals surface area contributed by atoms with Gasteiger partial charge in [0.15, 0.2) is 12.1 Å². The summed E-state index contributed by atoms with van der Waals surface area (Å²) in [4.78, 5) is 10.5. The molecule has 8 heteroatoms. The first kappa shape index (κ1) is 12.7. The van der Waals surface area contributed by atoms with Crippen LogP contribution in [0.2, 0.25) is 0 Å². The highest BCUT2D eigenvalue weighted by Gasteiger charge is 2.71. The average Bonchev–Trinajstić information content (AvgIpc) is 2.36. The quantitative estimate of drug-likeness (QED) is 0.348. The molecule has 1 aliphatic heterocycles. The van der Waals surface area contributed by atoms with Crippen LogP contribution in [-0.2, 0) is 14.3 Å². The van der Waals surface area contributed by atoms with E-state index in [0.29, 0.717) is 0 Å². The maximum Gasteiger partial charge on any atom is 0.243 e. The van der Waals surface area contributed by atoms with Gasteiger partial charge in [0.2, 0.25) is 5.91 Å². The lowest BCUT2D eigenvalue weighted by molar-refractivity contribution is -0.437. The Morgan fingerprint density at radius 3 is 2.59 bits per heavy atom. The van der Waals surface area contributed by atoms with Gasteiger partial charge in [0.25, 0.3) is 0 Å². The fourth-order valence-corrected chi connectivity index (χ4v) is 2.44. The third kappa shape index (κ3) is 1.73. The molecule has 0 aromatic carbocycles. The van der Waals surface area contributed by atoms with Crippen LogP contribution in [0, 0.1) is 11.8 Å². The Kier molecular flexibility index (Phi) is 3.10. The predicted molar refractivity (Wildman–Crippen MR) is 51.0 cm³/mol. The fraction of sp³-hybridized carbons (Fsp3) is 0.889. The molecule has 17 heavy (non-hydrogen) atoms. The van der Waals surface area contributed by atoms with E-state index in [1.54, 1.807) is 0 Å². The average molecular weight is 249 g/mol. The molecular weight excluding hydrogens is 234 g/mol. The second-order valence-electron chi connectivity index (χ2n) is 4.31. The number of nitrogens with two attached hydrogens (primary N) is 1. The third-order valence-corrected chi connectivity index (χ3v) is 3.32. The minimum Gasteiger partial charge on any atom is -0.396 e. The minimum absolute atomic E-state index is 0.413. The van der Waals surface area contributed by atoms with E-state index in [1.165, 1.54) is 0 Å². The Morgan fingerprint density at radius 1 is 1.41 bits per heavy atom. The highest BCUT2D eigenvalue weighted by molar-refractivity contribution is 5.75. The van der Waals surface area contributed by atoms with Crippen molar-refractivity contribution in [3.05, 3.63) is 0 Å². The molecule has 1 saturated carbocycles. The van der Waals surface area contributed by atoms with E-state index >= 15 is 0 Å². The third-order valence-electron chi connectivity index (χ3n) is 3.32. The van der Waals surface area contributed by atoms with Crippen LogP contribution in [0.25, 0.3) is 0 Å². The largest absolute Gasteiger partial charge is 0.396 e. The molecule has 6 N–H and O–H groups in total. The van der Waals surface area contributed by atoms with Crippen LogP contribution in [0.5, 0.6) is 0 Å². The number of aliphatic hydroxyl groups excluding tert-OH is 3. The number of primary amides is 1. The summed E-state index contributed by atoms with van der Waals surface area (Å²) in [7, 11) is 0. The minimum atomic E-state index is -1.82. The Morgan fingerprint density at radius 2 is 2.06 bits per heavy atom. The molecule has 1 saturated heterocycles. The first-order chi connectivity index (χ1) is 7.91. The smallest absolute Gasteiger partial charge is 0.243 e. The first-order valence-corrected chi connectivity index (χ1v) is 5.19. The number of carbonyl (C=O) groups excluding carboxylic acids is 1. The number of rotatable bonds is 4. The van der Waals surface area contributed by atoms with E-state index in [1.807, 2.05) is 0 Å². The van der Waals surface area contributed by atoms with Gasteiger partial charge < -0.3 is 35.6 Å². The van der Waals surface area contributed by atoms with Crippen molar-refractivity contribution in [3.8, 4) is 0 Å². The molecule has 2 aliphatic rings. The summed E-state index contributed by atoms with van der Waals surface area (Å²) in [6, 6.07) is 0. The van der Waals surface area contributed by atoms with Gasteiger partial charge in [-0.25, -0.2) is 0 Å². The fourth-order valence-electron chi connectivity index (χ4n) is 2.44. The van der Waals surface area contributed by atoms with Gasteiger partial charge in [0.05, 0.1) is 30.7 Å². The second-order valence-corrected chi connectivity index (χ2v) is 4.31. The maximum atomic E-state index is 10.5. The summed E-state index contributed by atoms with van der Waals surface area (Å²) < 4.78 is 9.91. The second kappa shape index (κ2) is 4.16. The monoisotopic (exact) mass is 249 g/mol. The molecule has 0 aromatic heterocycles. The van der Waals surface area contributed by atoms with Crippen LogP contribution in [0.4, 0.5) is 0 Å². The number of hydrogen-bond acceptors (Lipinski definition) is 7. The van der Waals surface area contributed by atoms with Crippen molar-refractivity contribution in [2.45, 2.75) is 24.3 Å². The molecule has 4 unspecified atom stereocenters. The Hall–Kier alpha value is -0.770. The van der Waals surface area contributed by atoms with Gasteiger partial charge in [-0.3, -0.25) is 4.79 Å². The van der Waals surface area contributed by atoms with Crippen LogP contribution >= 0.6 is 0 Å². The summed E-state index contributed by atoms with van der Waals surface area (Å²) in [6.07, 6.45) is -3.62. The van der Waals surface area contributed by atoms with Crippen molar-refractivity contribution in [3.63, 3.8) is 0 Å². The Balaban J connectivity index is 2.05. The van der Waals surface area contributed by atoms with Gasteiger partial charge in [-0.15, -0.1) is 0 Å². The summed E-state index contributed by atoms with van der Waals surface area (Å²) in [5.74, 6) is -4.45. The lowest BCUT2D eigenvalue weighted by Crippen LogP contribution is -2.64. The molecule has 0 radical (unpaired) electrons. The number of aliphatic hydroxyl groups is 4.